The second-order valence-corrected chi connectivity index (χ2v) is 3.68. The number of benzene rings is 1. The van der Waals surface area contributed by atoms with Crippen LogP contribution in [0.25, 0.3) is 0 Å². The van der Waals surface area contributed by atoms with Gasteiger partial charge in [0, 0.05) is 17.7 Å². The number of rotatable bonds is 2. The first-order valence-electron chi connectivity index (χ1n) is 4.94. The Morgan fingerprint density at radius 1 is 1.44 bits per heavy atom. The van der Waals surface area contributed by atoms with Crippen molar-refractivity contribution < 1.29 is 10.0 Å². The van der Waals surface area contributed by atoms with E-state index in [2.05, 4.69) is 11.8 Å². The Labute approximate surface area is 94.1 Å². The lowest BCUT2D eigenvalue weighted by atomic mass is 10.0. The number of hydrogen-bond acceptors (Lipinski definition) is 3. The maximum absolute atomic E-state index is 10.4. The average Bonchev–Trinajstić information content (AvgIpc) is 2.27. The highest BCUT2D eigenvalue weighted by molar-refractivity contribution is 5.41. The number of non-ortho nitro benzene ring substituents is 1. The smallest absolute Gasteiger partial charge is 0.269 e. The van der Waals surface area contributed by atoms with Crippen molar-refractivity contribution in [2.24, 2.45) is 0 Å². The van der Waals surface area contributed by atoms with Gasteiger partial charge in [-0.05, 0) is 25.5 Å². The van der Waals surface area contributed by atoms with Crippen LogP contribution in [0.15, 0.2) is 24.3 Å². The van der Waals surface area contributed by atoms with Crippen molar-refractivity contribution in [1.82, 2.24) is 0 Å². The van der Waals surface area contributed by atoms with Crippen LogP contribution in [0.5, 0.6) is 0 Å². The molecule has 0 radical (unpaired) electrons. The van der Waals surface area contributed by atoms with Crippen LogP contribution >= 0.6 is 0 Å². The minimum Gasteiger partial charge on any atom is -0.378 e. The molecule has 0 aromatic heterocycles. The van der Waals surface area contributed by atoms with Gasteiger partial charge in [-0.2, -0.15) is 0 Å². The monoisotopic (exact) mass is 219 g/mol. The molecule has 0 fully saturated rings. The molecule has 4 nitrogen and oxygen atoms in total. The summed E-state index contributed by atoms with van der Waals surface area (Å²) in [5.41, 5.74) is -0.325. The van der Waals surface area contributed by atoms with Gasteiger partial charge in [-0.15, -0.1) is 0 Å². The Balaban J connectivity index is 2.88. The molecule has 84 valence electrons. The third-order valence-electron chi connectivity index (χ3n) is 2.24. The second kappa shape index (κ2) is 4.77. The number of nitro benzene ring substituents is 1. The van der Waals surface area contributed by atoms with Crippen molar-refractivity contribution in [2.45, 2.75) is 25.9 Å². The molecule has 4 heteroatoms. The van der Waals surface area contributed by atoms with Gasteiger partial charge < -0.3 is 5.11 Å². The second-order valence-electron chi connectivity index (χ2n) is 3.68. The fourth-order valence-corrected chi connectivity index (χ4v) is 0.962. The van der Waals surface area contributed by atoms with Crippen molar-refractivity contribution in [3.63, 3.8) is 0 Å². The maximum Gasteiger partial charge on any atom is 0.269 e. The highest BCUT2D eigenvalue weighted by Gasteiger charge is 2.12. The number of nitro groups is 1. The van der Waals surface area contributed by atoms with Gasteiger partial charge in [0.1, 0.15) is 5.60 Å². The molecule has 1 atom stereocenters. The summed E-state index contributed by atoms with van der Waals surface area (Å²) in [5.74, 6) is 5.49. The maximum atomic E-state index is 10.4. The van der Waals surface area contributed by atoms with E-state index in [1.165, 1.54) is 12.1 Å². The molecule has 0 spiro atoms. The van der Waals surface area contributed by atoms with Crippen molar-refractivity contribution in [2.75, 3.05) is 0 Å². The predicted molar refractivity (Wildman–Crippen MR) is 60.9 cm³/mol. The molecule has 1 aromatic carbocycles. The topological polar surface area (TPSA) is 63.4 Å². The SMILES string of the molecule is CCC(C)(O)C#Cc1ccc([N+](=O)[O-])cc1. The van der Waals surface area contributed by atoms with Crippen LogP contribution in [0, 0.1) is 22.0 Å². The van der Waals surface area contributed by atoms with E-state index in [0.717, 1.165) is 0 Å². The Bertz CT molecular complexity index is 438. The zero-order valence-corrected chi connectivity index (χ0v) is 9.23. The molecule has 0 bridgehead atoms. The first-order chi connectivity index (χ1) is 7.44. The summed E-state index contributed by atoms with van der Waals surface area (Å²) in [7, 11) is 0. The number of hydrogen-bond donors (Lipinski definition) is 1. The van der Waals surface area contributed by atoms with Gasteiger partial charge in [0.25, 0.3) is 5.69 Å². The van der Waals surface area contributed by atoms with E-state index in [0.29, 0.717) is 12.0 Å². The zero-order valence-electron chi connectivity index (χ0n) is 9.23. The van der Waals surface area contributed by atoms with Crippen LogP contribution in [-0.4, -0.2) is 15.6 Å². The summed E-state index contributed by atoms with van der Waals surface area (Å²) in [6, 6.07) is 5.92. The van der Waals surface area contributed by atoms with Crippen LogP contribution in [-0.2, 0) is 0 Å². The molecule has 0 saturated heterocycles. The van der Waals surface area contributed by atoms with E-state index in [1.807, 2.05) is 6.92 Å². The van der Waals surface area contributed by atoms with Crippen LogP contribution in [0.3, 0.4) is 0 Å². The molecule has 0 heterocycles. The Hall–Kier alpha value is -1.86. The lowest BCUT2D eigenvalue weighted by molar-refractivity contribution is -0.384. The van der Waals surface area contributed by atoms with Crippen molar-refractivity contribution in [3.8, 4) is 11.8 Å². The van der Waals surface area contributed by atoms with Gasteiger partial charge in [-0.1, -0.05) is 18.8 Å². The molecule has 0 aliphatic carbocycles. The number of aliphatic hydroxyl groups is 1. The van der Waals surface area contributed by atoms with Gasteiger partial charge in [0.05, 0.1) is 4.92 Å². The molecular formula is C12H13NO3. The molecule has 0 aliphatic heterocycles. The lowest BCUT2D eigenvalue weighted by Gasteiger charge is -2.11. The molecular weight excluding hydrogens is 206 g/mol. The van der Waals surface area contributed by atoms with Crippen LogP contribution < -0.4 is 0 Å². The molecule has 1 rings (SSSR count). The van der Waals surface area contributed by atoms with E-state index < -0.39 is 10.5 Å². The molecule has 1 aromatic rings. The Morgan fingerprint density at radius 3 is 2.44 bits per heavy atom. The van der Waals surface area contributed by atoms with E-state index in [4.69, 9.17) is 0 Å². The summed E-state index contributed by atoms with van der Waals surface area (Å²) >= 11 is 0. The summed E-state index contributed by atoms with van der Waals surface area (Å²) in [6.07, 6.45) is 0.535. The third kappa shape index (κ3) is 3.37. The molecule has 1 unspecified atom stereocenters. The first-order valence-corrected chi connectivity index (χ1v) is 4.94. The van der Waals surface area contributed by atoms with E-state index in [9.17, 15) is 15.2 Å². The van der Waals surface area contributed by atoms with Gasteiger partial charge >= 0.3 is 0 Å². The fraction of sp³-hybridized carbons (Fsp3) is 0.333. The highest BCUT2D eigenvalue weighted by Crippen LogP contribution is 2.12. The summed E-state index contributed by atoms with van der Waals surface area (Å²) in [5, 5.41) is 20.1. The molecule has 16 heavy (non-hydrogen) atoms. The van der Waals surface area contributed by atoms with Crippen molar-refractivity contribution in [1.29, 1.82) is 0 Å². The van der Waals surface area contributed by atoms with Crippen molar-refractivity contribution in [3.05, 3.63) is 39.9 Å². The minimum atomic E-state index is -1.01. The standard InChI is InChI=1S/C12H13NO3/c1-3-12(2,14)9-8-10-4-6-11(7-5-10)13(15)16/h4-7,14H,3H2,1-2H3. The largest absolute Gasteiger partial charge is 0.378 e. The molecule has 0 amide bonds. The van der Waals surface area contributed by atoms with E-state index in [-0.39, 0.29) is 5.69 Å². The van der Waals surface area contributed by atoms with Gasteiger partial charge in [0.15, 0.2) is 0 Å². The van der Waals surface area contributed by atoms with Crippen LogP contribution in [0.2, 0.25) is 0 Å². The lowest BCUT2D eigenvalue weighted by Crippen LogP contribution is -2.19. The fourth-order valence-electron chi connectivity index (χ4n) is 0.962. The van der Waals surface area contributed by atoms with Crippen molar-refractivity contribution >= 4 is 5.69 Å². The predicted octanol–water partition coefficient (Wildman–Crippen LogP) is 2.11. The quantitative estimate of drug-likeness (QED) is 0.470. The summed E-state index contributed by atoms with van der Waals surface area (Å²) in [4.78, 5) is 9.95. The van der Waals surface area contributed by atoms with E-state index in [1.54, 1.807) is 19.1 Å². The van der Waals surface area contributed by atoms with Gasteiger partial charge in [-0.3, -0.25) is 10.1 Å². The molecule has 1 N–H and O–H groups in total. The van der Waals surface area contributed by atoms with Crippen LogP contribution in [0.4, 0.5) is 5.69 Å². The number of nitrogens with zero attached hydrogens (tertiary/aromatic N) is 1. The van der Waals surface area contributed by atoms with Gasteiger partial charge in [-0.25, -0.2) is 0 Å². The van der Waals surface area contributed by atoms with Gasteiger partial charge in [0.2, 0.25) is 0 Å². The Kier molecular flexibility index (Phi) is 3.64. The summed E-state index contributed by atoms with van der Waals surface area (Å²) < 4.78 is 0. The third-order valence-corrected chi connectivity index (χ3v) is 2.24. The highest BCUT2D eigenvalue weighted by atomic mass is 16.6. The summed E-state index contributed by atoms with van der Waals surface area (Å²) in [6.45, 7) is 3.47. The molecule has 0 saturated carbocycles. The Morgan fingerprint density at radius 2 is 2.00 bits per heavy atom. The average molecular weight is 219 g/mol. The first kappa shape index (κ1) is 12.2. The molecule has 0 aliphatic rings. The van der Waals surface area contributed by atoms with Crippen LogP contribution in [0.1, 0.15) is 25.8 Å². The normalized spacial score (nSPS) is 13.4. The van der Waals surface area contributed by atoms with E-state index >= 15 is 0 Å². The zero-order chi connectivity index (χ0) is 12.2. The minimum absolute atomic E-state index is 0.0350.